The third-order valence-electron chi connectivity index (χ3n) is 3.73. The molecule has 0 aromatic heterocycles. The molecule has 0 saturated carbocycles. The maximum atomic E-state index is 12.6. The molecule has 4 nitrogen and oxygen atoms in total. The summed E-state index contributed by atoms with van der Waals surface area (Å²) in [5.41, 5.74) is 0. The van der Waals surface area contributed by atoms with Gasteiger partial charge in [-0.15, -0.1) is 0 Å². The molecule has 5 heteroatoms. The van der Waals surface area contributed by atoms with Crippen LogP contribution in [0.4, 0.5) is 0 Å². The molecule has 1 saturated heterocycles. The molecule has 0 unspecified atom stereocenters. The molecule has 0 radical (unpaired) electrons. The van der Waals surface area contributed by atoms with Crippen molar-refractivity contribution in [2.45, 2.75) is 23.8 Å². The van der Waals surface area contributed by atoms with Gasteiger partial charge >= 0.3 is 0 Å². The fourth-order valence-electron chi connectivity index (χ4n) is 2.66. The summed E-state index contributed by atoms with van der Waals surface area (Å²) in [5.74, 6) is 0. The van der Waals surface area contributed by atoms with E-state index in [2.05, 4.69) is 0 Å². The van der Waals surface area contributed by atoms with Crippen molar-refractivity contribution in [1.82, 2.24) is 4.31 Å². The molecule has 2 aromatic rings. The van der Waals surface area contributed by atoms with Crippen LogP contribution in [0.5, 0.6) is 0 Å². The molecule has 0 bridgehead atoms. The van der Waals surface area contributed by atoms with Crippen LogP contribution in [-0.2, 0) is 14.8 Å². The Morgan fingerprint density at radius 1 is 1.10 bits per heavy atom. The summed E-state index contributed by atoms with van der Waals surface area (Å²) in [6.45, 7) is 0.415. The number of sulfonamides is 1. The molecule has 1 heterocycles. The number of nitrogens with zero attached hydrogens (tertiary/aromatic N) is 1. The average Bonchev–Trinajstić information content (AvgIpc) is 2.96. The number of carbonyl (C=O) groups excluding carboxylic acids is 1. The van der Waals surface area contributed by atoms with E-state index in [0.29, 0.717) is 13.0 Å². The first-order valence-electron chi connectivity index (χ1n) is 6.59. The van der Waals surface area contributed by atoms with Crippen molar-refractivity contribution >= 4 is 27.1 Å². The van der Waals surface area contributed by atoms with Crippen molar-refractivity contribution in [3.8, 4) is 0 Å². The lowest BCUT2D eigenvalue weighted by atomic mass is 10.1. The molecule has 0 N–H and O–H groups in total. The van der Waals surface area contributed by atoms with E-state index in [1.165, 1.54) is 4.31 Å². The summed E-state index contributed by atoms with van der Waals surface area (Å²) in [5, 5.41) is 1.88. The van der Waals surface area contributed by atoms with E-state index < -0.39 is 16.1 Å². The van der Waals surface area contributed by atoms with Gasteiger partial charge in [-0.3, -0.25) is 0 Å². The van der Waals surface area contributed by atoms with Gasteiger partial charge < -0.3 is 4.79 Å². The minimum atomic E-state index is -3.59. The Balaban J connectivity index is 2.07. The largest absolute Gasteiger partial charge is 0.302 e. The smallest absolute Gasteiger partial charge is 0.243 e. The molecule has 1 fully saturated rings. The van der Waals surface area contributed by atoms with Crippen LogP contribution in [0.25, 0.3) is 10.8 Å². The van der Waals surface area contributed by atoms with Gasteiger partial charge in [0, 0.05) is 6.54 Å². The molecule has 0 amide bonds. The lowest BCUT2D eigenvalue weighted by Gasteiger charge is -2.20. The molecule has 0 spiro atoms. The standard InChI is InChI=1S/C15H15NO3S/c17-11-14-6-3-9-16(14)20(18,19)15-8-7-12-4-1-2-5-13(12)10-15/h1-2,4-5,7-8,10-11,14H,3,6,9H2/t14-/m0/s1. The van der Waals surface area contributed by atoms with Crippen LogP contribution in [0, 0.1) is 0 Å². The van der Waals surface area contributed by atoms with E-state index in [-0.39, 0.29) is 4.90 Å². The van der Waals surface area contributed by atoms with Crippen molar-refractivity contribution < 1.29 is 13.2 Å². The van der Waals surface area contributed by atoms with Gasteiger partial charge in [0.15, 0.2) is 0 Å². The van der Waals surface area contributed by atoms with Crippen LogP contribution in [0.15, 0.2) is 47.4 Å². The van der Waals surface area contributed by atoms with E-state index in [0.717, 1.165) is 23.5 Å². The molecule has 1 atom stereocenters. The van der Waals surface area contributed by atoms with Gasteiger partial charge in [-0.2, -0.15) is 4.31 Å². The zero-order valence-corrected chi connectivity index (χ0v) is 11.7. The van der Waals surface area contributed by atoms with Gasteiger partial charge in [0.2, 0.25) is 10.0 Å². The molecule has 2 aromatic carbocycles. The van der Waals surface area contributed by atoms with Crippen molar-refractivity contribution in [3.05, 3.63) is 42.5 Å². The quantitative estimate of drug-likeness (QED) is 0.814. The molecule has 1 aliphatic heterocycles. The zero-order valence-electron chi connectivity index (χ0n) is 10.9. The van der Waals surface area contributed by atoms with Crippen molar-refractivity contribution in [2.24, 2.45) is 0 Å². The van der Waals surface area contributed by atoms with Crippen molar-refractivity contribution in [2.75, 3.05) is 6.54 Å². The van der Waals surface area contributed by atoms with Crippen LogP contribution in [0.1, 0.15) is 12.8 Å². The normalized spacial score (nSPS) is 20.3. The fourth-order valence-corrected chi connectivity index (χ4v) is 4.33. The Hall–Kier alpha value is -1.72. The average molecular weight is 289 g/mol. The van der Waals surface area contributed by atoms with Crippen LogP contribution in [0.2, 0.25) is 0 Å². The molecular formula is C15H15NO3S. The number of carbonyl (C=O) groups is 1. The Bertz CT molecular complexity index is 755. The number of rotatable bonds is 3. The van der Waals surface area contributed by atoms with E-state index in [1.807, 2.05) is 24.3 Å². The van der Waals surface area contributed by atoms with Crippen LogP contribution in [-0.4, -0.2) is 31.6 Å². The van der Waals surface area contributed by atoms with Crippen LogP contribution in [0.3, 0.4) is 0 Å². The Morgan fingerprint density at radius 2 is 1.85 bits per heavy atom. The van der Waals surface area contributed by atoms with Crippen molar-refractivity contribution in [3.63, 3.8) is 0 Å². The summed E-state index contributed by atoms with van der Waals surface area (Å²) in [7, 11) is -3.59. The second-order valence-corrected chi connectivity index (χ2v) is 6.86. The van der Waals surface area contributed by atoms with Gasteiger partial charge in [0.05, 0.1) is 10.9 Å². The second-order valence-electron chi connectivity index (χ2n) is 4.97. The van der Waals surface area contributed by atoms with Gasteiger partial charge in [0.1, 0.15) is 6.29 Å². The highest BCUT2D eigenvalue weighted by Crippen LogP contribution is 2.27. The topological polar surface area (TPSA) is 54.5 Å². The minimum absolute atomic E-state index is 0.255. The number of hydrogen-bond acceptors (Lipinski definition) is 3. The first-order chi connectivity index (χ1) is 9.63. The predicted molar refractivity (Wildman–Crippen MR) is 76.9 cm³/mol. The summed E-state index contributed by atoms with van der Waals surface area (Å²) in [4.78, 5) is 11.3. The highest BCUT2D eigenvalue weighted by Gasteiger charge is 2.35. The zero-order chi connectivity index (χ0) is 14.2. The minimum Gasteiger partial charge on any atom is -0.302 e. The van der Waals surface area contributed by atoms with Gasteiger partial charge in [-0.1, -0.05) is 30.3 Å². The maximum Gasteiger partial charge on any atom is 0.243 e. The molecular weight excluding hydrogens is 274 g/mol. The van der Waals surface area contributed by atoms with E-state index in [9.17, 15) is 13.2 Å². The summed E-state index contributed by atoms with van der Waals surface area (Å²) >= 11 is 0. The first-order valence-corrected chi connectivity index (χ1v) is 8.03. The SMILES string of the molecule is O=C[C@@H]1CCCN1S(=O)(=O)c1ccc2ccccc2c1. The monoisotopic (exact) mass is 289 g/mol. The molecule has 1 aliphatic rings. The first kappa shape index (κ1) is 13.3. The lowest BCUT2D eigenvalue weighted by molar-refractivity contribution is -0.110. The van der Waals surface area contributed by atoms with Crippen LogP contribution >= 0.6 is 0 Å². The number of hydrogen-bond donors (Lipinski definition) is 0. The van der Waals surface area contributed by atoms with Crippen LogP contribution < -0.4 is 0 Å². The van der Waals surface area contributed by atoms with Gasteiger partial charge in [0.25, 0.3) is 0 Å². The molecule has 104 valence electrons. The highest BCUT2D eigenvalue weighted by molar-refractivity contribution is 7.89. The van der Waals surface area contributed by atoms with E-state index in [4.69, 9.17) is 0 Å². The summed E-state index contributed by atoms with van der Waals surface area (Å²) in [6.07, 6.45) is 2.07. The fraction of sp³-hybridized carbons (Fsp3) is 0.267. The second kappa shape index (κ2) is 5.00. The number of benzene rings is 2. The Morgan fingerprint density at radius 3 is 2.60 bits per heavy atom. The van der Waals surface area contributed by atoms with E-state index >= 15 is 0 Å². The highest BCUT2D eigenvalue weighted by atomic mass is 32.2. The molecule has 0 aliphatic carbocycles. The van der Waals surface area contributed by atoms with Gasteiger partial charge in [-0.05, 0) is 35.7 Å². The summed E-state index contributed by atoms with van der Waals surface area (Å²) in [6, 6.07) is 12.2. The third kappa shape index (κ3) is 2.13. The Labute approximate surface area is 118 Å². The van der Waals surface area contributed by atoms with Crippen molar-refractivity contribution in [1.29, 1.82) is 0 Å². The lowest BCUT2D eigenvalue weighted by Crippen LogP contribution is -2.36. The number of fused-ring (bicyclic) bond motifs is 1. The maximum absolute atomic E-state index is 12.6. The van der Waals surface area contributed by atoms with Gasteiger partial charge in [-0.25, -0.2) is 8.42 Å². The number of aldehydes is 1. The molecule has 3 rings (SSSR count). The molecule has 20 heavy (non-hydrogen) atoms. The van der Waals surface area contributed by atoms with E-state index in [1.54, 1.807) is 18.2 Å². The predicted octanol–water partition coefficient (Wildman–Crippen LogP) is 2.19. The third-order valence-corrected chi connectivity index (χ3v) is 5.65. The Kier molecular flexibility index (Phi) is 3.31. The summed E-state index contributed by atoms with van der Waals surface area (Å²) < 4.78 is 26.5.